The van der Waals surface area contributed by atoms with E-state index in [0.717, 1.165) is 5.56 Å². The van der Waals surface area contributed by atoms with Crippen LogP contribution in [-0.2, 0) is 0 Å². The van der Waals surface area contributed by atoms with Crippen LogP contribution in [0.3, 0.4) is 0 Å². The summed E-state index contributed by atoms with van der Waals surface area (Å²) in [6, 6.07) is 3.76. The Hall–Kier alpha value is -0.600. The highest BCUT2D eigenvalue weighted by Crippen LogP contribution is 2.40. The molecule has 12 heavy (non-hydrogen) atoms. The average Bonchev–Trinajstić information content (AvgIpc) is 2.87. The van der Waals surface area contributed by atoms with E-state index in [1.54, 1.807) is 12.4 Å². The van der Waals surface area contributed by atoms with Gasteiger partial charge in [0.2, 0.25) is 0 Å². The standard InChI is InChI=1S/C9H11NO.ClH/c11-9(7-1-2-7)8-3-5-10-6-4-8;/h3-7,9,11H,1-2H2;1H/t9-;/m1./s1. The molecule has 0 spiro atoms. The summed E-state index contributed by atoms with van der Waals surface area (Å²) in [5.74, 6) is 0.511. The topological polar surface area (TPSA) is 33.1 Å². The van der Waals surface area contributed by atoms with E-state index in [9.17, 15) is 5.11 Å². The van der Waals surface area contributed by atoms with E-state index in [-0.39, 0.29) is 18.5 Å². The first kappa shape index (κ1) is 9.49. The number of aliphatic hydroxyl groups is 1. The molecular formula is C9H12ClNO. The lowest BCUT2D eigenvalue weighted by Gasteiger charge is -2.07. The molecule has 0 amide bonds. The van der Waals surface area contributed by atoms with Crippen LogP contribution in [0.25, 0.3) is 0 Å². The zero-order chi connectivity index (χ0) is 7.68. The van der Waals surface area contributed by atoms with Gasteiger partial charge in [-0.1, -0.05) is 0 Å². The summed E-state index contributed by atoms with van der Waals surface area (Å²) in [5.41, 5.74) is 1.00. The van der Waals surface area contributed by atoms with Crippen LogP contribution in [0.4, 0.5) is 0 Å². The van der Waals surface area contributed by atoms with Crippen LogP contribution in [0.1, 0.15) is 24.5 Å². The summed E-state index contributed by atoms with van der Waals surface area (Å²) in [5, 5.41) is 9.63. The van der Waals surface area contributed by atoms with Crippen LogP contribution in [-0.4, -0.2) is 10.1 Å². The van der Waals surface area contributed by atoms with Crippen LogP contribution in [0, 0.1) is 5.92 Å². The molecule has 0 radical (unpaired) electrons. The van der Waals surface area contributed by atoms with E-state index in [0.29, 0.717) is 5.92 Å². The number of halogens is 1. The lowest BCUT2D eigenvalue weighted by atomic mass is 10.1. The molecule has 1 aromatic heterocycles. The predicted molar refractivity (Wildman–Crippen MR) is 49.2 cm³/mol. The minimum atomic E-state index is -0.252. The molecule has 1 N–H and O–H groups in total. The number of hydrogen-bond acceptors (Lipinski definition) is 2. The monoisotopic (exact) mass is 185 g/mol. The molecule has 0 bridgehead atoms. The van der Waals surface area contributed by atoms with E-state index in [1.807, 2.05) is 12.1 Å². The number of hydrogen-bond donors (Lipinski definition) is 1. The summed E-state index contributed by atoms with van der Waals surface area (Å²) < 4.78 is 0. The van der Waals surface area contributed by atoms with Gasteiger partial charge < -0.3 is 5.11 Å². The molecule has 3 heteroatoms. The molecule has 0 aromatic carbocycles. The van der Waals surface area contributed by atoms with Gasteiger partial charge in [0.15, 0.2) is 0 Å². The van der Waals surface area contributed by atoms with Gasteiger partial charge in [0.1, 0.15) is 0 Å². The van der Waals surface area contributed by atoms with E-state index in [4.69, 9.17) is 0 Å². The number of aliphatic hydroxyl groups excluding tert-OH is 1. The second-order valence-corrected chi connectivity index (χ2v) is 3.06. The highest BCUT2D eigenvalue weighted by atomic mass is 35.5. The van der Waals surface area contributed by atoms with Gasteiger partial charge in [0.25, 0.3) is 0 Å². The van der Waals surface area contributed by atoms with Gasteiger partial charge in [0, 0.05) is 12.4 Å². The van der Waals surface area contributed by atoms with Gasteiger partial charge in [-0.3, -0.25) is 4.98 Å². The van der Waals surface area contributed by atoms with E-state index < -0.39 is 0 Å². The van der Waals surface area contributed by atoms with Crippen molar-refractivity contribution < 1.29 is 5.11 Å². The summed E-state index contributed by atoms with van der Waals surface area (Å²) in [6.45, 7) is 0. The van der Waals surface area contributed by atoms with Gasteiger partial charge in [-0.05, 0) is 36.5 Å². The van der Waals surface area contributed by atoms with Gasteiger partial charge >= 0.3 is 0 Å². The fourth-order valence-electron chi connectivity index (χ4n) is 1.24. The van der Waals surface area contributed by atoms with Crippen molar-refractivity contribution in [2.45, 2.75) is 18.9 Å². The van der Waals surface area contributed by atoms with Crippen molar-refractivity contribution in [1.29, 1.82) is 0 Å². The number of nitrogens with zero attached hydrogens (tertiary/aromatic N) is 1. The largest absolute Gasteiger partial charge is 0.388 e. The second kappa shape index (κ2) is 3.87. The number of aromatic nitrogens is 1. The molecule has 1 atom stereocenters. The predicted octanol–water partition coefficient (Wildman–Crippen LogP) is 1.95. The highest BCUT2D eigenvalue weighted by Gasteiger charge is 2.30. The minimum Gasteiger partial charge on any atom is -0.388 e. The zero-order valence-corrected chi connectivity index (χ0v) is 7.50. The Bertz CT molecular complexity index is 236. The average molecular weight is 186 g/mol. The Labute approximate surface area is 78.1 Å². The number of rotatable bonds is 2. The van der Waals surface area contributed by atoms with Crippen LogP contribution in [0.5, 0.6) is 0 Å². The van der Waals surface area contributed by atoms with Crippen molar-refractivity contribution in [3.8, 4) is 0 Å². The minimum absolute atomic E-state index is 0. The van der Waals surface area contributed by atoms with E-state index >= 15 is 0 Å². The molecule has 2 nitrogen and oxygen atoms in total. The first-order valence-corrected chi connectivity index (χ1v) is 3.96. The van der Waals surface area contributed by atoms with Crippen LogP contribution >= 0.6 is 12.4 Å². The van der Waals surface area contributed by atoms with Crippen molar-refractivity contribution in [1.82, 2.24) is 4.98 Å². The summed E-state index contributed by atoms with van der Waals surface area (Å²) in [7, 11) is 0. The number of pyridine rings is 1. The molecule has 1 aromatic rings. The van der Waals surface area contributed by atoms with Crippen molar-refractivity contribution in [2.24, 2.45) is 5.92 Å². The van der Waals surface area contributed by atoms with Crippen LogP contribution in [0.2, 0.25) is 0 Å². The first-order chi connectivity index (χ1) is 5.38. The fraction of sp³-hybridized carbons (Fsp3) is 0.444. The van der Waals surface area contributed by atoms with Crippen LogP contribution < -0.4 is 0 Å². The molecule has 0 unspecified atom stereocenters. The summed E-state index contributed by atoms with van der Waals surface area (Å²) >= 11 is 0. The molecule has 1 saturated carbocycles. The molecule has 1 aliphatic carbocycles. The molecule has 1 aliphatic rings. The molecule has 1 fully saturated rings. The zero-order valence-electron chi connectivity index (χ0n) is 6.68. The molecular weight excluding hydrogens is 174 g/mol. The summed E-state index contributed by atoms with van der Waals surface area (Å²) in [4.78, 5) is 3.90. The summed E-state index contributed by atoms with van der Waals surface area (Å²) in [6.07, 6.45) is 5.53. The molecule has 0 saturated heterocycles. The maximum absolute atomic E-state index is 9.63. The normalized spacial score (nSPS) is 18.1. The molecule has 66 valence electrons. The van der Waals surface area contributed by atoms with Crippen LogP contribution in [0.15, 0.2) is 24.5 Å². The fourth-order valence-corrected chi connectivity index (χ4v) is 1.24. The third-order valence-electron chi connectivity index (χ3n) is 2.12. The smallest absolute Gasteiger partial charge is 0.0819 e. The maximum Gasteiger partial charge on any atom is 0.0819 e. The van der Waals surface area contributed by atoms with E-state index in [2.05, 4.69) is 4.98 Å². The maximum atomic E-state index is 9.63. The van der Waals surface area contributed by atoms with Gasteiger partial charge in [-0.15, -0.1) is 12.4 Å². The Morgan fingerprint density at radius 2 is 1.92 bits per heavy atom. The Morgan fingerprint density at radius 1 is 1.33 bits per heavy atom. The third-order valence-corrected chi connectivity index (χ3v) is 2.12. The lowest BCUT2D eigenvalue weighted by molar-refractivity contribution is 0.153. The molecule has 1 heterocycles. The van der Waals surface area contributed by atoms with Crippen molar-refractivity contribution in [2.75, 3.05) is 0 Å². The highest BCUT2D eigenvalue weighted by molar-refractivity contribution is 5.85. The second-order valence-electron chi connectivity index (χ2n) is 3.06. The SMILES string of the molecule is Cl.O[C@@H](c1ccncc1)C1CC1. The lowest BCUT2D eigenvalue weighted by Crippen LogP contribution is -1.98. The Kier molecular flexibility index (Phi) is 3.06. The quantitative estimate of drug-likeness (QED) is 0.764. The third kappa shape index (κ3) is 1.96. The van der Waals surface area contributed by atoms with Crippen molar-refractivity contribution in [3.05, 3.63) is 30.1 Å². The Balaban J connectivity index is 0.000000720. The van der Waals surface area contributed by atoms with Gasteiger partial charge in [0.05, 0.1) is 6.10 Å². The molecule has 2 rings (SSSR count). The first-order valence-electron chi connectivity index (χ1n) is 3.96. The van der Waals surface area contributed by atoms with Crippen molar-refractivity contribution in [3.63, 3.8) is 0 Å². The molecule has 0 aliphatic heterocycles. The van der Waals surface area contributed by atoms with E-state index in [1.165, 1.54) is 12.8 Å². The van der Waals surface area contributed by atoms with Crippen molar-refractivity contribution >= 4 is 12.4 Å². The Morgan fingerprint density at radius 3 is 2.42 bits per heavy atom. The van der Waals surface area contributed by atoms with Gasteiger partial charge in [-0.2, -0.15) is 0 Å². The van der Waals surface area contributed by atoms with Gasteiger partial charge in [-0.25, -0.2) is 0 Å².